The number of amides is 1. The molecule has 0 atom stereocenters. The molecule has 1 rings (SSSR count). The van der Waals surface area contributed by atoms with Crippen molar-refractivity contribution in [3.05, 3.63) is 12.1 Å². The second-order valence-electron chi connectivity index (χ2n) is 4.94. The Morgan fingerprint density at radius 3 is 2.30 bits per heavy atom. The number of carbonyl (C=O) groups excluding carboxylic acids is 1. The molecule has 1 aromatic heterocycles. The van der Waals surface area contributed by atoms with Crippen LogP contribution in [0.5, 0.6) is 0 Å². The SMILES string of the molecule is CCCCCNc1ccc(NC(=O)C(CC)CC)nn1. The highest BCUT2D eigenvalue weighted by molar-refractivity contribution is 5.91. The summed E-state index contributed by atoms with van der Waals surface area (Å²) in [6.07, 6.45) is 5.23. The number of hydrogen-bond acceptors (Lipinski definition) is 4. The molecule has 0 radical (unpaired) electrons. The van der Waals surface area contributed by atoms with Gasteiger partial charge < -0.3 is 10.6 Å². The molecule has 0 aliphatic carbocycles. The maximum absolute atomic E-state index is 11.9. The zero-order valence-electron chi connectivity index (χ0n) is 12.8. The minimum absolute atomic E-state index is 0.0213. The molecule has 0 saturated heterocycles. The fourth-order valence-corrected chi connectivity index (χ4v) is 1.97. The van der Waals surface area contributed by atoms with Gasteiger partial charge in [0.1, 0.15) is 5.82 Å². The quantitative estimate of drug-likeness (QED) is 0.679. The third-order valence-corrected chi connectivity index (χ3v) is 3.36. The first-order chi connectivity index (χ1) is 9.71. The Kier molecular flexibility index (Phi) is 7.62. The standard InChI is InChI=1S/C15H26N4O/c1-4-7-8-11-16-13-9-10-14(19-18-13)17-15(20)12(5-2)6-3/h9-10,12H,4-8,11H2,1-3H3,(H,16,18)(H,17,19,20). The second-order valence-corrected chi connectivity index (χ2v) is 4.94. The minimum atomic E-state index is 0.0213. The van der Waals surface area contributed by atoms with E-state index in [2.05, 4.69) is 27.8 Å². The predicted molar refractivity (Wildman–Crippen MR) is 82.7 cm³/mol. The van der Waals surface area contributed by atoms with Gasteiger partial charge in [0.05, 0.1) is 0 Å². The molecule has 1 heterocycles. The Bertz CT molecular complexity index is 387. The van der Waals surface area contributed by atoms with Crippen LogP contribution in [0.3, 0.4) is 0 Å². The van der Waals surface area contributed by atoms with Crippen LogP contribution in [0.1, 0.15) is 52.9 Å². The van der Waals surface area contributed by atoms with Crippen molar-refractivity contribution in [2.45, 2.75) is 52.9 Å². The van der Waals surface area contributed by atoms with Crippen LogP contribution < -0.4 is 10.6 Å². The van der Waals surface area contributed by atoms with E-state index < -0.39 is 0 Å². The number of nitrogens with zero attached hydrogens (tertiary/aromatic N) is 2. The number of nitrogens with one attached hydrogen (secondary N) is 2. The summed E-state index contributed by atoms with van der Waals surface area (Å²) < 4.78 is 0. The Labute approximate surface area is 121 Å². The van der Waals surface area contributed by atoms with Gasteiger partial charge in [-0.2, -0.15) is 0 Å². The average molecular weight is 278 g/mol. The van der Waals surface area contributed by atoms with Crippen molar-refractivity contribution in [2.24, 2.45) is 5.92 Å². The van der Waals surface area contributed by atoms with Gasteiger partial charge in [-0.1, -0.05) is 33.6 Å². The summed E-state index contributed by atoms with van der Waals surface area (Å²) in [4.78, 5) is 11.9. The Balaban J connectivity index is 2.44. The van der Waals surface area contributed by atoms with Crippen molar-refractivity contribution in [2.75, 3.05) is 17.2 Å². The number of unbranched alkanes of at least 4 members (excludes halogenated alkanes) is 2. The maximum Gasteiger partial charge on any atom is 0.228 e. The molecule has 5 heteroatoms. The molecule has 0 spiro atoms. The molecular formula is C15H26N4O. The Morgan fingerprint density at radius 2 is 1.75 bits per heavy atom. The van der Waals surface area contributed by atoms with Gasteiger partial charge in [-0.25, -0.2) is 0 Å². The highest BCUT2D eigenvalue weighted by atomic mass is 16.1. The lowest BCUT2D eigenvalue weighted by Crippen LogP contribution is -2.22. The predicted octanol–water partition coefficient (Wildman–Crippen LogP) is 3.45. The van der Waals surface area contributed by atoms with E-state index in [4.69, 9.17) is 0 Å². The lowest BCUT2D eigenvalue weighted by Gasteiger charge is -2.12. The highest BCUT2D eigenvalue weighted by Crippen LogP contribution is 2.12. The maximum atomic E-state index is 11.9. The van der Waals surface area contributed by atoms with E-state index in [1.165, 1.54) is 12.8 Å². The van der Waals surface area contributed by atoms with Crippen molar-refractivity contribution in [1.82, 2.24) is 10.2 Å². The van der Waals surface area contributed by atoms with E-state index >= 15 is 0 Å². The molecular weight excluding hydrogens is 252 g/mol. The molecule has 0 aliphatic rings. The molecule has 1 aromatic rings. The molecule has 0 aliphatic heterocycles. The van der Waals surface area contributed by atoms with Crippen LogP contribution in [0.25, 0.3) is 0 Å². The smallest absolute Gasteiger partial charge is 0.228 e. The molecule has 20 heavy (non-hydrogen) atoms. The van der Waals surface area contributed by atoms with Gasteiger partial charge in [0.2, 0.25) is 5.91 Å². The Hall–Kier alpha value is -1.65. The molecule has 0 unspecified atom stereocenters. The number of anilines is 2. The zero-order valence-corrected chi connectivity index (χ0v) is 12.8. The third kappa shape index (κ3) is 5.55. The van der Waals surface area contributed by atoms with E-state index in [1.54, 1.807) is 6.07 Å². The summed E-state index contributed by atoms with van der Waals surface area (Å²) in [5, 5.41) is 14.1. The summed E-state index contributed by atoms with van der Waals surface area (Å²) in [5.41, 5.74) is 0. The van der Waals surface area contributed by atoms with Crippen molar-refractivity contribution in [1.29, 1.82) is 0 Å². The lowest BCUT2D eigenvalue weighted by molar-refractivity contribution is -0.120. The van der Waals surface area contributed by atoms with E-state index in [0.29, 0.717) is 5.82 Å². The first kappa shape index (κ1) is 16.4. The topological polar surface area (TPSA) is 66.9 Å². The molecule has 0 aromatic carbocycles. The van der Waals surface area contributed by atoms with Crippen LogP contribution in [0.4, 0.5) is 11.6 Å². The van der Waals surface area contributed by atoms with Crippen LogP contribution in [0, 0.1) is 5.92 Å². The Morgan fingerprint density at radius 1 is 1.10 bits per heavy atom. The highest BCUT2D eigenvalue weighted by Gasteiger charge is 2.14. The van der Waals surface area contributed by atoms with Crippen LogP contribution in [0.15, 0.2) is 12.1 Å². The molecule has 112 valence electrons. The largest absolute Gasteiger partial charge is 0.369 e. The van der Waals surface area contributed by atoms with Crippen LogP contribution in [-0.2, 0) is 4.79 Å². The fourth-order valence-electron chi connectivity index (χ4n) is 1.97. The number of rotatable bonds is 9. The van der Waals surface area contributed by atoms with Gasteiger partial charge in [-0.3, -0.25) is 4.79 Å². The molecule has 0 fully saturated rings. The summed E-state index contributed by atoms with van der Waals surface area (Å²) in [7, 11) is 0. The van der Waals surface area contributed by atoms with E-state index in [-0.39, 0.29) is 11.8 Å². The summed E-state index contributed by atoms with van der Waals surface area (Å²) in [6.45, 7) is 7.12. The lowest BCUT2D eigenvalue weighted by atomic mass is 10.0. The van der Waals surface area contributed by atoms with Crippen molar-refractivity contribution in [3.63, 3.8) is 0 Å². The first-order valence-corrected chi connectivity index (χ1v) is 7.59. The monoisotopic (exact) mass is 278 g/mol. The fraction of sp³-hybridized carbons (Fsp3) is 0.667. The van der Waals surface area contributed by atoms with Gasteiger partial charge in [0.25, 0.3) is 0 Å². The molecule has 0 bridgehead atoms. The average Bonchev–Trinajstić information content (AvgIpc) is 2.46. The first-order valence-electron chi connectivity index (χ1n) is 7.59. The van der Waals surface area contributed by atoms with E-state index in [1.807, 2.05) is 19.9 Å². The molecule has 0 saturated carbocycles. The van der Waals surface area contributed by atoms with Crippen molar-refractivity contribution < 1.29 is 4.79 Å². The zero-order chi connectivity index (χ0) is 14.8. The summed E-state index contributed by atoms with van der Waals surface area (Å²) in [5.74, 6) is 1.33. The van der Waals surface area contributed by atoms with Crippen molar-refractivity contribution >= 4 is 17.5 Å². The number of aromatic nitrogens is 2. The van der Waals surface area contributed by atoms with Crippen molar-refractivity contribution in [3.8, 4) is 0 Å². The second kappa shape index (κ2) is 9.28. The molecule has 5 nitrogen and oxygen atoms in total. The number of carbonyl (C=O) groups is 1. The summed E-state index contributed by atoms with van der Waals surface area (Å²) in [6, 6.07) is 3.64. The van der Waals surface area contributed by atoms with Gasteiger partial charge in [-0.15, -0.1) is 10.2 Å². The van der Waals surface area contributed by atoms with Crippen LogP contribution in [-0.4, -0.2) is 22.6 Å². The van der Waals surface area contributed by atoms with Crippen LogP contribution in [0.2, 0.25) is 0 Å². The molecule has 1 amide bonds. The normalized spacial score (nSPS) is 10.6. The third-order valence-electron chi connectivity index (χ3n) is 3.36. The number of hydrogen-bond donors (Lipinski definition) is 2. The molecule has 2 N–H and O–H groups in total. The van der Waals surface area contributed by atoms with Gasteiger partial charge >= 0.3 is 0 Å². The van der Waals surface area contributed by atoms with Gasteiger partial charge in [0, 0.05) is 12.5 Å². The van der Waals surface area contributed by atoms with Crippen LogP contribution >= 0.6 is 0 Å². The van der Waals surface area contributed by atoms with Gasteiger partial charge in [-0.05, 0) is 31.4 Å². The minimum Gasteiger partial charge on any atom is -0.369 e. The van der Waals surface area contributed by atoms with E-state index in [0.717, 1.165) is 31.6 Å². The summed E-state index contributed by atoms with van der Waals surface area (Å²) >= 11 is 0. The van der Waals surface area contributed by atoms with Gasteiger partial charge in [0.15, 0.2) is 5.82 Å². The van der Waals surface area contributed by atoms with E-state index in [9.17, 15) is 4.79 Å².